The van der Waals surface area contributed by atoms with E-state index in [2.05, 4.69) is 15.5 Å². The highest BCUT2D eigenvalue weighted by Gasteiger charge is 2.40. The second-order valence-corrected chi connectivity index (χ2v) is 5.67. The highest BCUT2D eigenvalue weighted by molar-refractivity contribution is 5.97. The summed E-state index contributed by atoms with van der Waals surface area (Å²) < 4.78 is 5.06. The van der Waals surface area contributed by atoms with Crippen LogP contribution in [0.15, 0.2) is 4.52 Å². The third kappa shape index (κ3) is 3.22. The van der Waals surface area contributed by atoms with Gasteiger partial charge in [0.2, 0.25) is 17.7 Å². The van der Waals surface area contributed by atoms with E-state index < -0.39 is 12.1 Å². The molecule has 1 aromatic rings. The molecular weight excluding hydrogens is 272 g/mol. The number of rotatable bonds is 5. The average Bonchev–Trinajstić information content (AvgIpc) is 2.84. The zero-order chi connectivity index (χ0) is 15.6. The number of amides is 2. The summed E-state index contributed by atoms with van der Waals surface area (Å²) in [7, 11) is 0. The summed E-state index contributed by atoms with van der Waals surface area (Å²) in [5, 5.41) is 6.55. The highest BCUT2D eigenvalue weighted by Crippen LogP contribution is 2.18. The monoisotopic (exact) mass is 294 g/mol. The van der Waals surface area contributed by atoms with Crippen molar-refractivity contribution < 1.29 is 14.1 Å². The normalized spacial score (nSPS) is 22.8. The predicted molar refractivity (Wildman–Crippen MR) is 75.3 cm³/mol. The van der Waals surface area contributed by atoms with Crippen LogP contribution in [0, 0.1) is 12.8 Å². The lowest BCUT2D eigenvalue weighted by atomic mass is 9.97. The Morgan fingerprint density at radius 3 is 2.62 bits per heavy atom. The second-order valence-electron chi connectivity index (χ2n) is 5.67. The van der Waals surface area contributed by atoms with Crippen molar-refractivity contribution in [3.05, 3.63) is 11.7 Å². The van der Waals surface area contributed by atoms with Crippen LogP contribution < -0.4 is 5.32 Å². The molecule has 1 aliphatic heterocycles. The summed E-state index contributed by atoms with van der Waals surface area (Å²) >= 11 is 0. The van der Waals surface area contributed by atoms with Gasteiger partial charge in [0.15, 0.2) is 5.82 Å². The van der Waals surface area contributed by atoms with E-state index in [1.54, 1.807) is 11.8 Å². The Bertz CT molecular complexity index is 526. The molecule has 0 bridgehead atoms. The fourth-order valence-corrected chi connectivity index (χ4v) is 2.57. The lowest BCUT2D eigenvalue weighted by Gasteiger charge is -2.39. The number of aryl methyl sites for hydroxylation is 1. The van der Waals surface area contributed by atoms with E-state index >= 15 is 0 Å². The van der Waals surface area contributed by atoms with Crippen molar-refractivity contribution in [2.45, 2.75) is 52.6 Å². The third-order valence-corrected chi connectivity index (χ3v) is 3.72. The Morgan fingerprint density at radius 1 is 1.38 bits per heavy atom. The molecular formula is C14H22N4O3. The van der Waals surface area contributed by atoms with Crippen LogP contribution in [0.5, 0.6) is 0 Å². The molecule has 2 atom stereocenters. The maximum atomic E-state index is 12.6. The van der Waals surface area contributed by atoms with Gasteiger partial charge in [-0.15, -0.1) is 0 Å². The minimum atomic E-state index is -0.454. The Balaban J connectivity index is 2.11. The lowest BCUT2D eigenvalue weighted by Crippen LogP contribution is -2.64. The maximum absolute atomic E-state index is 12.6. The van der Waals surface area contributed by atoms with Crippen LogP contribution >= 0.6 is 0 Å². The minimum absolute atomic E-state index is 0.0345. The standard InChI is InChI=1S/C14H22N4O3/c1-5-10-13(19)16-12(8(2)3)14(20)18(10)7-6-11-15-9(4)17-21-11/h8,10,12H,5-7H2,1-4H3,(H,16,19). The van der Waals surface area contributed by atoms with Crippen LogP contribution in [0.1, 0.15) is 38.9 Å². The van der Waals surface area contributed by atoms with E-state index in [0.29, 0.717) is 31.1 Å². The fourth-order valence-electron chi connectivity index (χ4n) is 2.57. The SMILES string of the molecule is CCC1C(=O)NC(C(C)C)C(=O)N1CCc1nc(C)no1. The molecule has 116 valence electrons. The number of piperazine rings is 1. The largest absolute Gasteiger partial charge is 0.342 e. The van der Waals surface area contributed by atoms with Crippen LogP contribution in [0.4, 0.5) is 0 Å². The molecule has 2 amide bonds. The summed E-state index contributed by atoms with van der Waals surface area (Å²) in [6.07, 6.45) is 1.05. The van der Waals surface area contributed by atoms with Gasteiger partial charge in [0, 0.05) is 13.0 Å². The van der Waals surface area contributed by atoms with E-state index in [0.717, 1.165) is 0 Å². The van der Waals surface area contributed by atoms with Crippen molar-refractivity contribution in [2.24, 2.45) is 5.92 Å². The van der Waals surface area contributed by atoms with Gasteiger partial charge < -0.3 is 14.7 Å². The number of carbonyl (C=O) groups is 2. The van der Waals surface area contributed by atoms with E-state index in [1.807, 2.05) is 20.8 Å². The minimum Gasteiger partial charge on any atom is -0.342 e. The Kier molecular flexibility index (Phi) is 4.59. The smallest absolute Gasteiger partial charge is 0.246 e. The number of hydrogen-bond acceptors (Lipinski definition) is 5. The summed E-state index contributed by atoms with van der Waals surface area (Å²) in [5.74, 6) is 1.000. The summed E-state index contributed by atoms with van der Waals surface area (Å²) in [6.45, 7) is 7.91. The molecule has 21 heavy (non-hydrogen) atoms. The molecule has 2 unspecified atom stereocenters. The molecule has 7 heteroatoms. The van der Waals surface area contributed by atoms with Crippen molar-refractivity contribution in [1.82, 2.24) is 20.4 Å². The molecule has 0 radical (unpaired) electrons. The maximum Gasteiger partial charge on any atom is 0.246 e. The zero-order valence-electron chi connectivity index (χ0n) is 12.9. The van der Waals surface area contributed by atoms with Crippen LogP contribution in [-0.2, 0) is 16.0 Å². The van der Waals surface area contributed by atoms with E-state index in [4.69, 9.17) is 4.52 Å². The third-order valence-electron chi connectivity index (χ3n) is 3.72. The summed E-state index contributed by atoms with van der Waals surface area (Å²) in [6, 6.07) is -0.874. The fraction of sp³-hybridized carbons (Fsp3) is 0.714. The number of nitrogens with one attached hydrogen (secondary N) is 1. The van der Waals surface area contributed by atoms with Gasteiger partial charge in [0.05, 0.1) is 0 Å². The number of hydrogen-bond donors (Lipinski definition) is 1. The molecule has 1 saturated heterocycles. The Hall–Kier alpha value is -1.92. The van der Waals surface area contributed by atoms with E-state index in [-0.39, 0.29) is 17.7 Å². The van der Waals surface area contributed by atoms with Gasteiger partial charge in [-0.2, -0.15) is 4.98 Å². The van der Waals surface area contributed by atoms with Crippen LogP contribution in [0.25, 0.3) is 0 Å². The first-order valence-corrected chi connectivity index (χ1v) is 7.34. The van der Waals surface area contributed by atoms with Gasteiger partial charge in [0.25, 0.3) is 0 Å². The molecule has 7 nitrogen and oxygen atoms in total. The number of aromatic nitrogens is 2. The second kappa shape index (κ2) is 6.24. The molecule has 2 heterocycles. The first-order valence-electron chi connectivity index (χ1n) is 7.34. The van der Waals surface area contributed by atoms with Gasteiger partial charge in [-0.3, -0.25) is 9.59 Å². The Labute approximate surface area is 124 Å². The first kappa shape index (κ1) is 15.5. The van der Waals surface area contributed by atoms with Gasteiger partial charge in [-0.05, 0) is 19.3 Å². The average molecular weight is 294 g/mol. The lowest BCUT2D eigenvalue weighted by molar-refractivity contribution is -0.150. The van der Waals surface area contributed by atoms with Crippen molar-refractivity contribution in [3.63, 3.8) is 0 Å². The summed E-state index contributed by atoms with van der Waals surface area (Å²) in [5.41, 5.74) is 0. The highest BCUT2D eigenvalue weighted by atomic mass is 16.5. The predicted octanol–water partition coefficient (Wildman–Crippen LogP) is 0.682. The van der Waals surface area contributed by atoms with Crippen LogP contribution in [0.2, 0.25) is 0 Å². The first-order chi connectivity index (χ1) is 9.93. The zero-order valence-corrected chi connectivity index (χ0v) is 12.9. The molecule has 0 aromatic carbocycles. The van der Waals surface area contributed by atoms with Gasteiger partial charge in [0.1, 0.15) is 12.1 Å². The number of carbonyl (C=O) groups excluding carboxylic acids is 2. The molecule has 1 N–H and O–H groups in total. The van der Waals surface area contributed by atoms with Gasteiger partial charge in [-0.1, -0.05) is 25.9 Å². The molecule has 0 spiro atoms. The van der Waals surface area contributed by atoms with Gasteiger partial charge in [-0.25, -0.2) is 0 Å². The molecule has 1 aliphatic rings. The summed E-state index contributed by atoms with van der Waals surface area (Å²) in [4.78, 5) is 30.5. The molecule has 0 aliphatic carbocycles. The topological polar surface area (TPSA) is 88.3 Å². The van der Waals surface area contributed by atoms with E-state index in [1.165, 1.54) is 0 Å². The number of nitrogens with zero attached hydrogens (tertiary/aromatic N) is 3. The van der Waals surface area contributed by atoms with Crippen LogP contribution in [0.3, 0.4) is 0 Å². The van der Waals surface area contributed by atoms with Crippen molar-refractivity contribution in [2.75, 3.05) is 6.54 Å². The van der Waals surface area contributed by atoms with Crippen LogP contribution in [-0.4, -0.2) is 45.5 Å². The molecule has 1 aromatic heterocycles. The van der Waals surface area contributed by atoms with Crippen molar-refractivity contribution in [1.29, 1.82) is 0 Å². The molecule has 1 fully saturated rings. The van der Waals surface area contributed by atoms with E-state index in [9.17, 15) is 9.59 Å². The molecule has 2 rings (SSSR count). The van der Waals surface area contributed by atoms with Crippen molar-refractivity contribution in [3.8, 4) is 0 Å². The van der Waals surface area contributed by atoms with Crippen molar-refractivity contribution >= 4 is 11.8 Å². The quantitative estimate of drug-likeness (QED) is 0.863. The Morgan fingerprint density at radius 2 is 2.10 bits per heavy atom. The molecule has 0 saturated carbocycles. The van der Waals surface area contributed by atoms with Gasteiger partial charge >= 0.3 is 0 Å².